The zero-order valence-corrected chi connectivity index (χ0v) is 18.4. The maximum atomic E-state index is 12.4. The molecule has 158 valence electrons. The van der Waals surface area contributed by atoms with E-state index < -0.39 is 0 Å². The summed E-state index contributed by atoms with van der Waals surface area (Å²) in [6.07, 6.45) is 1.78. The van der Waals surface area contributed by atoms with Crippen LogP contribution in [0.4, 0.5) is 0 Å². The number of hydrogen-bond donors (Lipinski definition) is 1. The fourth-order valence-electron chi connectivity index (χ4n) is 3.60. The van der Waals surface area contributed by atoms with E-state index in [9.17, 15) is 4.79 Å². The first-order valence-corrected chi connectivity index (χ1v) is 10.7. The molecular formula is C25H24N2O3S. The normalized spacial score (nSPS) is 14.9. The molecule has 0 bridgehead atoms. The number of benzene rings is 3. The quantitative estimate of drug-likeness (QED) is 0.425. The number of nitrogens with zero attached hydrogens (tertiary/aromatic N) is 1. The first-order valence-electron chi connectivity index (χ1n) is 10.3. The largest absolute Gasteiger partial charge is 0.490 e. The summed E-state index contributed by atoms with van der Waals surface area (Å²) in [4.78, 5) is 14.0. The Bertz CT molecular complexity index is 1170. The highest BCUT2D eigenvalue weighted by Crippen LogP contribution is 2.31. The first-order chi connectivity index (χ1) is 15.1. The number of carbonyl (C=O) groups is 1. The molecule has 1 saturated heterocycles. The molecule has 1 aliphatic rings. The highest BCUT2D eigenvalue weighted by atomic mass is 32.1. The summed E-state index contributed by atoms with van der Waals surface area (Å²) < 4.78 is 11.9. The number of ether oxygens (including phenoxy) is 2. The molecule has 4 rings (SSSR count). The van der Waals surface area contributed by atoms with Gasteiger partial charge in [-0.05, 0) is 66.2 Å². The van der Waals surface area contributed by atoms with Crippen LogP contribution < -0.4 is 14.8 Å². The van der Waals surface area contributed by atoms with E-state index in [2.05, 4.69) is 29.6 Å². The van der Waals surface area contributed by atoms with Crippen LogP contribution >= 0.6 is 12.2 Å². The Balaban J connectivity index is 1.57. The maximum Gasteiger partial charge on any atom is 0.276 e. The molecular weight excluding hydrogens is 408 g/mol. The molecule has 0 aromatic heterocycles. The van der Waals surface area contributed by atoms with E-state index in [0.717, 1.165) is 11.1 Å². The van der Waals surface area contributed by atoms with Gasteiger partial charge in [-0.1, -0.05) is 48.5 Å². The lowest BCUT2D eigenvalue weighted by atomic mass is 10.1. The summed E-state index contributed by atoms with van der Waals surface area (Å²) in [6.45, 7) is 5.30. The van der Waals surface area contributed by atoms with Crippen LogP contribution in [0.2, 0.25) is 0 Å². The highest BCUT2D eigenvalue weighted by Gasteiger charge is 2.29. The van der Waals surface area contributed by atoms with Crippen LogP contribution in [0, 0.1) is 0 Å². The van der Waals surface area contributed by atoms with Crippen molar-refractivity contribution < 1.29 is 14.3 Å². The van der Waals surface area contributed by atoms with Crippen molar-refractivity contribution in [2.24, 2.45) is 0 Å². The molecule has 0 unspecified atom stereocenters. The fraction of sp³-hybridized carbons (Fsp3) is 0.200. The second-order valence-corrected chi connectivity index (χ2v) is 7.49. The van der Waals surface area contributed by atoms with E-state index in [-0.39, 0.29) is 5.91 Å². The molecule has 0 atom stereocenters. The molecule has 31 heavy (non-hydrogen) atoms. The van der Waals surface area contributed by atoms with Gasteiger partial charge in [-0.25, -0.2) is 0 Å². The van der Waals surface area contributed by atoms with Gasteiger partial charge in [0.2, 0.25) is 0 Å². The molecule has 3 aromatic rings. The Kier molecular flexibility index (Phi) is 6.18. The average Bonchev–Trinajstić information content (AvgIpc) is 3.05. The van der Waals surface area contributed by atoms with Gasteiger partial charge in [0.1, 0.15) is 12.3 Å². The zero-order valence-electron chi connectivity index (χ0n) is 17.6. The van der Waals surface area contributed by atoms with Gasteiger partial charge in [0.05, 0.1) is 6.61 Å². The monoisotopic (exact) mass is 432 g/mol. The fourth-order valence-corrected chi connectivity index (χ4v) is 3.92. The van der Waals surface area contributed by atoms with Crippen molar-refractivity contribution in [3.05, 3.63) is 77.5 Å². The Morgan fingerprint density at radius 3 is 2.58 bits per heavy atom. The van der Waals surface area contributed by atoms with Crippen molar-refractivity contribution in [1.82, 2.24) is 10.2 Å². The van der Waals surface area contributed by atoms with Crippen molar-refractivity contribution in [3.8, 4) is 11.5 Å². The van der Waals surface area contributed by atoms with Gasteiger partial charge >= 0.3 is 0 Å². The van der Waals surface area contributed by atoms with E-state index in [4.69, 9.17) is 21.7 Å². The van der Waals surface area contributed by atoms with E-state index in [0.29, 0.717) is 42.1 Å². The summed E-state index contributed by atoms with van der Waals surface area (Å²) in [5, 5.41) is 5.77. The summed E-state index contributed by atoms with van der Waals surface area (Å²) >= 11 is 5.22. The van der Waals surface area contributed by atoms with Crippen LogP contribution in [-0.2, 0) is 11.4 Å². The van der Waals surface area contributed by atoms with Gasteiger partial charge in [0, 0.05) is 6.54 Å². The topological polar surface area (TPSA) is 50.8 Å². The van der Waals surface area contributed by atoms with Crippen LogP contribution in [0.25, 0.3) is 16.8 Å². The van der Waals surface area contributed by atoms with Gasteiger partial charge < -0.3 is 14.8 Å². The van der Waals surface area contributed by atoms with Gasteiger partial charge in [-0.2, -0.15) is 0 Å². The van der Waals surface area contributed by atoms with Crippen LogP contribution in [0.3, 0.4) is 0 Å². The second-order valence-electron chi connectivity index (χ2n) is 7.10. The molecule has 1 aliphatic heterocycles. The van der Waals surface area contributed by atoms with Gasteiger partial charge in [-0.3, -0.25) is 9.69 Å². The molecule has 1 N–H and O–H groups in total. The predicted molar refractivity (Wildman–Crippen MR) is 127 cm³/mol. The molecule has 1 heterocycles. The Hall–Kier alpha value is -3.38. The minimum absolute atomic E-state index is 0.123. The highest BCUT2D eigenvalue weighted by molar-refractivity contribution is 7.80. The summed E-state index contributed by atoms with van der Waals surface area (Å²) in [7, 11) is 0. The third-order valence-electron chi connectivity index (χ3n) is 5.12. The molecule has 6 heteroatoms. The van der Waals surface area contributed by atoms with Crippen molar-refractivity contribution in [1.29, 1.82) is 0 Å². The smallest absolute Gasteiger partial charge is 0.276 e. The number of likely N-dealkylation sites (N-methyl/N-ethyl adjacent to an activating group) is 1. The summed E-state index contributed by atoms with van der Waals surface area (Å²) in [6, 6.07) is 20.1. The lowest BCUT2D eigenvalue weighted by Crippen LogP contribution is -2.30. The molecule has 1 fully saturated rings. The lowest BCUT2D eigenvalue weighted by Gasteiger charge is -2.14. The number of carbonyl (C=O) groups excluding carboxylic acids is 1. The van der Waals surface area contributed by atoms with E-state index >= 15 is 0 Å². The van der Waals surface area contributed by atoms with Crippen molar-refractivity contribution in [3.63, 3.8) is 0 Å². The molecule has 1 amide bonds. The minimum Gasteiger partial charge on any atom is -0.490 e. The predicted octanol–water partition coefficient (Wildman–Crippen LogP) is 4.90. The van der Waals surface area contributed by atoms with Crippen molar-refractivity contribution in [2.45, 2.75) is 20.5 Å². The molecule has 0 saturated carbocycles. The standard InChI is InChI=1S/C25H24N2O3S/c1-3-27-24(28)21(26-25(27)31)14-17-12-13-22(23(15-17)29-4-2)30-16-19-10-7-9-18-8-5-6-11-20(18)19/h5-15H,3-4,16H2,1-2H3,(H,26,31)/b21-14-. The second kappa shape index (κ2) is 9.18. The van der Waals surface area contributed by atoms with E-state index in [1.54, 1.807) is 6.08 Å². The SMILES string of the molecule is CCOc1cc(/C=C2\NC(=S)N(CC)C2=O)ccc1OCc1cccc2ccccc12. The van der Waals surface area contributed by atoms with Crippen LogP contribution in [0.15, 0.2) is 66.4 Å². The third-order valence-corrected chi connectivity index (χ3v) is 5.44. The van der Waals surface area contributed by atoms with Crippen molar-refractivity contribution >= 4 is 40.1 Å². The van der Waals surface area contributed by atoms with E-state index in [1.807, 2.05) is 50.2 Å². The molecule has 3 aromatic carbocycles. The lowest BCUT2D eigenvalue weighted by molar-refractivity contribution is -0.122. The Labute approximate surface area is 187 Å². The van der Waals surface area contributed by atoms with Crippen LogP contribution in [0.5, 0.6) is 11.5 Å². The van der Waals surface area contributed by atoms with Crippen molar-refractivity contribution in [2.75, 3.05) is 13.2 Å². The average molecular weight is 433 g/mol. The Morgan fingerprint density at radius 2 is 1.81 bits per heavy atom. The minimum atomic E-state index is -0.123. The van der Waals surface area contributed by atoms with E-state index in [1.165, 1.54) is 15.7 Å². The number of hydrogen-bond acceptors (Lipinski definition) is 4. The third kappa shape index (κ3) is 4.39. The molecule has 0 radical (unpaired) electrons. The van der Waals surface area contributed by atoms with Crippen LogP contribution in [-0.4, -0.2) is 29.1 Å². The summed E-state index contributed by atoms with van der Waals surface area (Å²) in [5.41, 5.74) is 2.40. The molecule has 0 spiro atoms. The summed E-state index contributed by atoms with van der Waals surface area (Å²) in [5.74, 6) is 1.17. The van der Waals surface area contributed by atoms with Gasteiger partial charge in [0.25, 0.3) is 5.91 Å². The number of nitrogens with one attached hydrogen (secondary N) is 1. The number of rotatable bonds is 7. The molecule has 0 aliphatic carbocycles. The maximum absolute atomic E-state index is 12.4. The number of fused-ring (bicyclic) bond motifs is 1. The Morgan fingerprint density at radius 1 is 1.00 bits per heavy atom. The van der Waals surface area contributed by atoms with Crippen LogP contribution in [0.1, 0.15) is 25.0 Å². The van der Waals surface area contributed by atoms with Gasteiger partial charge in [-0.15, -0.1) is 0 Å². The molecule has 5 nitrogen and oxygen atoms in total. The van der Waals surface area contributed by atoms with Gasteiger partial charge in [0.15, 0.2) is 16.6 Å². The number of amides is 1. The zero-order chi connectivity index (χ0) is 21.8. The number of thiocarbonyl (C=S) groups is 1. The first kappa shape index (κ1) is 20.9.